The van der Waals surface area contributed by atoms with Gasteiger partial charge in [0.15, 0.2) is 0 Å². The third-order valence-corrected chi connectivity index (χ3v) is 6.73. The van der Waals surface area contributed by atoms with Gasteiger partial charge >= 0.3 is 0 Å². The van der Waals surface area contributed by atoms with Crippen LogP contribution in [0.2, 0.25) is 0 Å². The fourth-order valence-electron chi connectivity index (χ4n) is 4.16. The number of hydrogen-bond acceptors (Lipinski definition) is 4. The minimum atomic E-state index is 0.0198. The minimum absolute atomic E-state index is 0.0198. The summed E-state index contributed by atoms with van der Waals surface area (Å²) in [6, 6.07) is 26.6. The third-order valence-electron chi connectivity index (χ3n) is 5.59. The second-order valence-electron chi connectivity index (χ2n) is 7.61. The van der Waals surface area contributed by atoms with Crippen LogP contribution in [0.15, 0.2) is 78.9 Å². The lowest BCUT2D eigenvalue weighted by Crippen LogP contribution is -2.33. The number of rotatable bonds is 5. The molecule has 1 N–H and O–H groups in total. The van der Waals surface area contributed by atoms with Crippen molar-refractivity contribution < 1.29 is 4.79 Å². The van der Waals surface area contributed by atoms with Crippen molar-refractivity contribution in [3.05, 3.63) is 83.9 Å². The molecule has 1 atom stereocenters. The van der Waals surface area contributed by atoms with Crippen molar-refractivity contribution in [2.75, 3.05) is 18.4 Å². The zero-order chi connectivity index (χ0) is 20.3. The lowest BCUT2D eigenvalue weighted by molar-refractivity contribution is -0.117. The molecule has 1 aliphatic rings. The molecule has 0 radical (unpaired) electrons. The van der Waals surface area contributed by atoms with Crippen LogP contribution >= 0.6 is 11.3 Å². The van der Waals surface area contributed by atoms with E-state index in [1.165, 1.54) is 4.70 Å². The highest BCUT2D eigenvalue weighted by Gasteiger charge is 2.30. The van der Waals surface area contributed by atoms with E-state index in [0.29, 0.717) is 6.54 Å². The largest absolute Gasteiger partial charge is 0.324 e. The Balaban J connectivity index is 1.32. The summed E-state index contributed by atoms with van der Waals surface area (Å²) in [5.74, 6) is 0.0198. The number of amides is 1. The summed E-state index contributed by atoms with van der Waals surface area (Å²) >= 11 is 1.74. The van der Waals surface area contributed by atoms with Crippen molar-refractivity contribution in [2.24, 2.45) is 0 Å². The summed E-state index contributed by atoms with van der Waals surface area (Å²) in [7, 11) is 0. The van der Waals surface area contributed by atoms with Gasteiger partial charge < -0.3 is 5.32 Å². The smallest absolute Gasteiger partial charge is 0.238 e. The number of carbonyl (C=O) groups is 1. The number of aromatic nitrogens is 1. The van der Waals surface area contributed by atoms with E-state index in [1.54, 1.807) is 11.3 Å². The number of nitrogens with one attached hydrogen (secondary N) is 1. The van der Waals surface area contributed by atoms with E-state index in [2.05, 4.69) is 34.5 Å². The summed E-state index contributed by atoms with van der Waals surface area (Å²) in [4.78, 5) is 20.0. The van der Waals surface area contributed by atoms with Crippen LogP contribution in [-0.2, 0) is 4.79 Å². The van der Waals surface area contributed by atoms with Crippen molar-refractivity contribution in [3.8, 4) is 11.1 Å². The van der Waals surface area contributed by atoms with Gasteiger partial charge in [-0.1, -0.05) is 60.7 Å². The number of nitrogens with zero attached hydrogens (tertiary/aromatic N) is 2. The second-order valence-corrected chi connectivity index (χ2v) is 8.67. The normalized spacial score (nSPS) is 16.7. The average Bonchev–Trinajstić information content (AvgIpc) is 3.41. The molecule has 0 bridgehead atoms. The Hall–Kier alpha value is -3.02. The zero-order valence-corrected chi connectivity index (χ0v) is 17.4. The highest BCUT2D eigenvalue weighted by molar-refractivity contribution is 7.18. The first-order valence-electron chi connectivity index (χ1n) is 10.3. The summed E-state index contributed by atoms with van der Waals surface area (Å²) < 4.78 is 1.21. The van der Waals surface area contributed by atoms with Crippen molar-refractivity contribution in [3.63, 3.8) is 0 Å². The Morgan fingerprint density at radius 1 is 1.00 bits per heavy atom. The van der Waals surface area contributed by atoms with E-state index < -0.39 is 0 Å². The number of carbonyl (C=O) groups excluding carboxylic acids is 1. The van der Waals surface area contributed by atoms with E-state index in [9.17, 15) is 4.79 Å². The van der Waals surface area contributed by atoms with Gasteiger partial charge in [0.05, 0.1) is 22.8 Å². The lowest BCUT2D eigenvalue weighted by atomic mass is 10.0. The second kappa shape index (κ2) is 8.38. The van der Waals surface area contributed by atoms with Crippen molar-refractivity contribution in [1.29, 1.82) is 0 Å². The highest BCUT2D eigenvalue weighted by atomic mass is 32.1. The predicted molar refractivity (Wildman–Crippen MR) is 124 cm³/mol. The molecule has 0 spiro atoms. The molecule has 5 heteroatoms. The van der Waals surface area contributed by atoms with Gasteiger partial charge in [-0.05, 0) is 43.1 Å². The maximum absolute atomic E-state index is 12.9. The van der Waals surface area contributed by atoms with E-state index in [-0.39, 0.29) is 11.9 Å². The zero-order valence-electron chi connectivity index (χ0n) is 16.6. The molecular formula is C25H23N3OS. The van der Waals surface area contributed by atoms with Crippen LogP contribution in [0.5, 0.6) is 0 Å². The Morgan fingerprint density at radius 2 is 1.77 bits per heavy atom. The van der Waals surface area contributed by atoms with Crippen LogP contribution < -0.4 is 5.32 Å². The summed E-state index contributed by atoms with van der Waals surface area (Å²) in [5.41, 5.74) is 4.03. The quantitative estimate of drug-likeness (QED) is 0.454. The summed E-state index contributed by atoms with van der Waals surface area (Å²) in [5, 5.41) is 4.25. The Labute approximate surface area is 180 Å². The van der Waals surface area contributed by atoms with E-state index in [0.717, 1.165) is 46.7 Å². The molecule has 2 heterocycles. The Bertz CT molecular complexity index is 1140. The lowest BCUT2D eigenvalue weighted by Gasteiger charge is -2.22. The van der Waals surface area contributed by atoms with Crippen LogP contribution in [0.3, 0.4) is 0 Å². The van der Waals surface area contributed by atoms with Gasteiger partial charge in [0.25, 0.3) is 0 Å². The van der Waals surface area contributed by atoms with Crippen molar-refractivity contribution >= 4 is 33.1 Å². The molecule has 30 heavy (non-hydrogen) atoms. The van der Waals surface area contributed by atoms with Crippen molar-refractivity contribution in [1.82, 2.24) is 9.88 Å². The number of hydrogen-bond donors (Lipinski definition) is 1. The molecule has 1 saturated heterocycles. The molecule has 5 rings (SSSR count). The predicted octanol–water partition coefficient (Wildman–Crippen LogP) is 5.74. The SMILES string of the molecule is O=C(CN1CCC[C@H]1c1nc2ccccc2s1)Nc1ccccc1-c1ccccc1. The third kappa shape index (κ3) is 3.86. The fraction of sp³-hybridized carbons (Fsp3) is 0.200. The number of thiazole rings is 1. The number of para-hydroxylation sites is 2. The number of benzene rings is 3. The van der Waals surface area contributed by atoms with E-state index >= 15 is 0 Å². The average molecular weight is 414 g/mol. The van der Waals surface area contributed by atoms with Gasteiger partial charge in [0.1, 0.15) is 5.01 Å². The van der Waals surface area contributed by atoms with E-state index in [4.69, 9.17) is 4.98 Å². The van der Waals surface area contributed by atoms with Crippen LogP contribution in [0.25, 0.3) is 21.3 Å². The molecule has 4 nitrogen and oxygen atoms in total. The van der Waals surface area contributed by atoms with Crippen LogP contribution in [0, 0.1) is 0 Å². The molecule has 0 aliphatic carbocycles. The first-order chi connectivity index (χ1) is 14.8. The first-order valence-corrected chi connectivity index (χ1v) is 11.1. The molecule has 1 fully saturated rings. The van der Waals surface area contributed by atoms with Gasteiger partial charge in [-0.3, -0.25) is 9.69 Å². The fourth-order valence-corrected chi connectivity index (χ4v) is 5.30. The molecule has 4 aromatic rings. The maximum Gasteiger partial charge on any atom is 0.238 e. The Kier molecular flexibility index (Phi) is 5.30. The molecular weight excluding hydrogens is 390 g/mol. The van der Waals surface area contributed by atoms with Gasteiger partial charge in [0.2, 0.25) is 5.91 Å². The number of fused-ring (bicyclic) bond motifs is 1. The molecule has 0 unspecified atom stereocenters. The minimum Gasteiger partial charge on any atom is -0.324 e. The van der Waals surface area contributed by atoms with Crippen LogP contribution in [0.4, 0.5) is 5.69 Å². The monoisotopic (exact) mass is 413 g/mol. The Morgan fingerprint density at radius 3 is 2.63 bits per heavy atom. The van der Waals surface area contributed by atoms with Crippen molar-refractivity contribution in [2.45, 2.75) is 18.9 Å². The van der Waals surface area contributed by atoms with Gasteiger partial charge in [-0.25, -0.2) is 4.98 Å². The van der Waals surface area contributed by atoms with Gasteiger partial charge in [0, 0.05) is 11.3 Å². The maximum atomic E-state index is 12.9. The van der Waals surface area contributed by atoms with Crippen LogP contribution in [0.1, 0.15) is 23.9 Å². The number of anilines is 1. The highest BCUT2D eigenvalue weighted by Crippen LogP contribution is 2.36. The molecule has 3 aromatic carbocycles. The van der Waals surface area contributed by atoms with E-state index in [1.807, 2.05) is 54.6 Å². The van der Waals surface area contributed by atoms with Gasteiger partial charge in [-0.15, -0.1) is 11.3 Å². The molecule has 1 aliphatic heterocycles. The number of likely N-dealkylation sites (tertiary alicyclic amines) is 1. The topological polar surface area (TPSA) is 45.2 Å². The molecule has 1 aromatic heterocycles. The van der Waals surface area contributed by atoms with Crippen LogP contribution in [-0.4, -0.2) is 28.9 Å². The molecule has 150 valence electrons. The summed E-state index contributed by atoms with van der Waals surface area (Å²) in [6.45, 7) is 1.30. The molecule has 1 amide bonds. The summed E-state index contributed by atoms with van der Waals surface area (Å²) in [6.07, 6.45) is 2.14. The first kappa shape index (κ1) is 19.0. The van der Waals surface area contributed by atoms with Gasteiger partial charge in [-0.2, -0.15) is 0 Å². The molecule has 0 saturated carbocycles. The standard InChI is InChI=1S/C25H23N3OS/c29-24(26-20-12-5-4-11-19(20)18-9-2-1-3-10-18)17-28-16-8-14-22(28)25-27-21-13-6-7-15-23(21)30-25/h1-7,9-13,15,22H,8,14,16-17H2,(H,26,29)/t22-/m0/s1.